The van der Waals surface area contributed by atoms with Crippen LogP contribution in [0.2, 0.25) is 0 Å². The van der Waals surface area contributed by atoms with Gasteiger partial charge in [-0.05, 0) is 59.1 Å². The molecule has 2 N–H and O–H groups in total. The number of carbonyl (C=O) groups excluding carboxylic acids is 1. The molecule has 4 rings (SSSR count). The summed E-state index contributed by atoms with van der Waals surface area (Å²) in [5, 5.41) is 6.63. The van der Waals surface area contributed by atoms with E-state index in [4.69, 9.17) is 9.72 Å². The van der Waals surface area contributed by atoms with Gasteiger partial charge in [-0.15, -0.1) is 0 Å². The maximum Gasteiger partial charge on any atom is 0.255 e. The summed E-state index contributed by atoms with van der Waals surface area (Å²) >= 11 is 0. The van der Waals surface area contributed by atoms with E-state index in [1.807, 2.05) is 27.9 Å². The van der Waals surface area contributed by atoms with E-state index in [2.05, 4.69) is 46.1 Å². The number of carbonyl (C=O) groups is 1. The van der Waals surface area contributed by atoms with E-state index in [9.17, 15) is 13.6 Å². The number of pyridine rings is 1. The predicted octanol–water partition coefficient (Wildman–Crippen LogP) is 5.48. The summed E-state index contributed by atoms with van der Waals surface area (Å²) in [6.07, 6.45) is 4.34. The number of aromatic nitrogens is 4. The number of halogens is 2. The molecule has 0 radical (unpaired) electrons. The molecule has 0 bridgehead atoms. The van der Waals surface area contributed by atoms with Crippen LogP contribution in [0.3, 0.4) is 0 Å². The molecule has 0 saturated carbocycles. The number of nitrogens with zero attached hydrogens (tertiary/aromatic N) is 6. The number of fused-ring (bicyclic) bond motifs is 1. The molecular weight excluding hydrogens is 554 g/mol. The molecule has 10 nitrogen and oxygen atoms in total. The Bertz CT molecular complexity index is 1650. The van der Waals surface area contributed by atoms with Gasteiger partial charge in [-0.1, -0.05) is 6.58 Å². The number of ether oxygens (including phenoxy) is 1. The van der Waals surface area contributed by atoms with Crippen LogP contribution < -0.4 is 19.9 Å². The zero-order valence-corrected chi connectivity index (χ0v) is 25.7. The maximum atomic E-state index is 14.2. The molecule has 1 atom stereocenters. The van der Waals surface area contributed by atoms with Crippen molar-refractivity contribution in [2.45, 2.75) is 26.9 Å². The molecule has 1 amide bonds. The van der Waals surface area contributed by atoms with Crippen molar-refractivity contribution in [1.82, 2.24) is 28.9 Å². The van der Waals surface area contributed by atoms with Crippen LogP contribution in [0, 0.1) is 11.6 Å². The molecule has 0 aliphatic rings. The van der Waals surface area contributed by atoms with Crippen molar-refractivity contribution >= 4 is 40.0 Å². The Hall–Kier alpha value is -4.42. The topological polar surface area (TPSA) is 97.2 Å². The molecule has 0 saturated heterocycles. The van der Waals surface area contributed by atoms with Crippen molar-refractivity contribution < 1.29 is 18.3 Å². The van der Waals surface area contributed by atoms with E-state index in [0.29, 0.717) is 56.3 Å². The quantitative estimate of drug-likeness (QED) is 0.166. The van der Waals surface area contributed by atoms with Crippen LogP contribution in [0.15, 0.2) is 49.3 Å². The average Bonchev–Trinajstić information content (AvgIpc) is 3.27. The van der Waals surface area contributed by atoms with E-state index >= 15 is 0 Å². The number of nitrogens with one attached hydrogen (secondary N) is 2. The lowest BCUT2D eigenvalue weighted by atomic mass is 10.1. The number of benzene rings is 1. The van der Waals surface area contributed by atoms with Crippen LogP contribution in [0.5, 0.6) is 5.88 Å². The Labute approximate surface area is 250 Å². The van der Waals surface area contributed by atoms with Gasteiger partial charge in [0.25, 0.3) is 5.82 Å². The van der Waals surface area contributed by atoms with Gasteiger partial charge in [-0.2, -0.15) is 4.98 Å². The Morgan fingerprint density at radius 2 is 1.91 bits per heavy atom. The summed E-state index contributed by atoms with van der Waals surface area (Å²) in [6.45, 7) is 11.7. The molecule has 43 heavy (non-hydrogen) atoms. The van der Waals surface area contributed by atoms with Crippen LogP contribution in [-0.4, -0.2) is 77.2 Å². The fraction of sp³-hybridized carbons (Fsp3) is 0.355. The van der Waals surface area contributed by atoms with Crippen LogP contribution in [0.25, 0.3) is 22.2 Å². The molecular formula is C31H39F2N8O2+. The van der Waals surface area contributed by atoms with Gasteiger partial charge in [0, 0.05) is 43.0 Å². The molecule has 0 aliphatic heterocycles. The molecule has 0 fully saturated rings. The highest BCUT2D eigenvalue weighted by molar-refractivity contribution is 6.01. The summed E-state index contributed by atoms with van der Waals surface area (Å²) in [5.74, 6) is -1.05. The fourth-order valence-electron chi connectivity index (χ4n) is 4.68. The van der Waals surface area contributed by atoms with Gasteiger partial charge in [-0.25, -0.2) is 18.7 Å². The second kappa shape index (κ2) is 12.8. The first-order valence-corrected chi connectivity index (χ1v) is 14.0. The minimum absolute atomic E-state index is 0.199. The van der Waals surface area contributed by atoms with E-state index in [0.717, 1.165) is 19.2 Å². The Kier molecular flexibility index (Phi) is 9.41. The lowest BCUT2D eigenvalue weighted by Crippen LogP contribution is -2.50. The minimum atomic E-state index is -0.939. The van der Waals surface area contributed by atoms with Crippen LogP contribution in [-0.2, 0) is 11.8 Å². The average molecular weight is 594 g/mol. The third kappa shape index (κ3) is 6.98. The van der Waals surface area contributed by atoms with Crippen LogP contribution >= 0.6 is 0 Å². The number of amides is 1. The molecule has 1 unspecified atom stereocenters. The van der Waals surface area contributed by atoms with Gasteiger partial charge < -0.3 is 24.8 Å². The number of hydrogen-bond donors (Lipinski definition) is 2. The van der Waals surface area contributed by atoms with E-state index < -0.39 is 11.6 Å². The normalized spacial score (nSPS) is 12.9. The zero-order valence-electron chi connectivity index (χ0n) is 25.7. The molecule has 3 heterocycles. The molecule has 12 heteroatoms. The highest BCUT2D eigenvalue weighted by Crippen LogP contribution is 2.38. The third-order valence-electron chi connectivity index (χ3n) is 7.22. The second-order valence-corrected chi connectivity index (χ2v) is 11.1. The highest BCUT2D eigenvalue weighted by Gasteiger charge is 2.31. The van der Waals surface area contributed by atoms with Gasteiger partial charge in [0.15, 0.2) is 11.6 Å². The first kappa shape index (κ1) is 31.5. The monoisotopic (exact) mass is 593 g/mol. The van der Waals surface area contributed by atoms with Gasteiger partial charge >= 0.3 is 0 Å². The lowest BCUT2D eigenvalue weighted by Gasteiger charge is -2.34. The van der Waals surface area contributed by atoms with Gasteiger partial charge in [0.05, 0.1) is 37.5 Å². The molecule has 1 aromatic carbocycles. The number of rotatable bonds is 12. The Morgan fingerprint density at radius 1 is 1.19 bits per heavy atom. The number of aryl methyl sites for hydroxylation is 1. The number of quaternary nitrogens is 1. The molecule has 0 aliphatic carbocycles. The van der Waals surface area contributed by atoms with Crippen molar-refractivity contribution in [2.75, 3.05) is 51.4 Å². The van der Waals surface area contributed by atoms with Gasteiger partial charge in [0.1, 0.15) is 11.4 Å². The summed E-state index contributed by atoms with van der Waals surface area (Å²) in [5.41, 5.74) is 2.59. The third-order valence-corrected chi connectivity index (χ3v) is 7.22. The molecule has 0 spiro atoms. The first-order chi connectivity index (χ1) is 20.3. The molecule has 4 aromatic rings. The largest absolute Gasteiger partial charge is 0.473 e. The number of likely N-dealkylation sites (N-methyl/N-ethyl adjacent to an activating group) is 2. The van der Waals surface area contributed by atoms with E-state index in [1.165, 1.54) is 12.1 Å². The minimum Gasteiger partial charge on any atom is -0.473 e. The van der Waals surface area contributed by atoms with Crippen molar-refractivity contribution in [3.05, 3.63) is 60.9 Å². The number of anilines is 3. The first-order valence-electron chi connectivity index (χ1n) is 14.0. The SMILES string of the molecule is C=CC(=O)Nc1cc(Nc2nccc(-c3cn(C)c4cc(F)c(F)cc34)n2)c(OC(C)C)nc1[N+](C)(CC)CCN(C)C. The second-order valence-electron chi connectivity index (χ2n) is 11.1. The van der Waals surface area contributed by atoms with E-state index in [-0.39, 0.29) is 18.0 Å². The predicted molar refractivity (Wildman–Crippen MR) is 168 cm³/mol. The Morgan fingerprint density at radius 3 is 2.56 bits per heavy atom. The van der Waals surface area contributed by atoms with Crippen molar-refractivity contribution in [1.29, 1.82) is 0 Å². The van der Waals surface area contributed by atoms with Crippen molar-refractivity contribution in [2.24, 2.45) is 7.05 Å². The van der Waals surface area contributed by atoms with Gasteiger partial charge in [0.2, 0.25) is 17.7 Å². The van der Waals surface area contributed by atoms with Crippen molar-refractivity contribution in [3.63, 3.8) is 0 Å². The molecule has 228 valence electrons. The van der Waals surface area contributed by atoms with Crippen LogP contribution in [0.4, 0.5) is 31.9 Å². The van der Waals surface area contributed by atoms with Gasteiger partial charge in [-0.3, -0.25) is 9.28 Å². The van der Waals surface area contributed by atoms with E-state index in [1.54, 1.807) is 36.1 Å². The van der Waals surface area contributed by atoms with Crippen molar-refractivity contribution in [3.8, 4) is 17.1 Å². The fourth-order valence-corrected chi connectivity index (χ4v) is 4.68. The summed E-state index contributed by atoms with van der Waals surface area (Å²) < 4.78 is 36.4. The summed E-state index contributed by atoms with van der Waals surface area (Å²) in [7, 11) is 7.84. The summed E-state index contributed by atoms with van der Waals surface area (Å²) in [6, 6.07) is 5.78. The molecule has 3 aromatic heterocycles. The number of hydrogen-bond acceptors (Lipinski definition) is 7. The Balaban J connectivity index is 1.82. The smallest absolute Gasteiger partial charge is 0.255 e. The summed E-state index contributed by atoms with van der Waals surface area (Å²) in [4.78, 5) is 28.6. The zero-order chi connectivity index (χ0) is 31.5. The maximum absolute atomic E-state index is 14.2. The standard InChI is InChI=1S/C31H38F2N8O2/c1-9-28(42)35-25-17-26(30(43-19(3)4)38-29(25)41(8,10-2)14-13-39(5)6)37-31-34-12-11-24(36-31)21-18-40(7)27-16-23(33)22(32)15-20(21)27/h9,11-12,15-19H,1,10,13-14H2,2-8H3,(H-,34,35,36,37,42)/p+1. The lowest BCUT2D eigenvalue weighted by molar-refractivity contribution is -0.111. The highest BCUT2D eigenvalue weighted by atomic mass is 19.2. The van der Waals surface area contributed by atoms with Crippen LogP contribution in [0.1, 0.15) is 20.8 Å².